The van der Waals surface area contributed by atoms with E-state index >= 15 is 0 Å². The Kier molecular flexibility index (Phi) is 1.31. The lowest BCUT2D eigenvalue weighted by molar-refractivity contribution is 0.360. The summed E-state index contributed by atoms with van der Waals surface area (Å²) >= 11 is 5.77. The molecule has 0 N–H and O–H groups in total. The van der Waals surface area contributed by atoms with Crippen LogP contribution in [-0.4, -0.2) is 5.16 Å². The van der Waals surface area contributed by atoms with Gasteiger partial charge in [0, 0.05) is 11.5 Å². The summed E-state index contributed by atoms with van der Waals surface area (Å²) in [5.41, 5.74) is 2.33. The molecule has 2 nitrogen and oxygen atoms in total. The standard InChI is InChI=1S/C9H10ClNO/c10-4-7-8-5-1-2-6(3-5)9(8)12-11-7/h5-6H,1-4H2. The highest BCUT2D eigenvalue weighted by Crippen LogP contribution is 2.54. The first-order chi connectivity index (χ1) is 5.90. The van der Waals surface area contributed by atoms with Gasteiger partial charge in [-0.2, -0.15) is 0 Å². The van der Waals surface area contributed by atoms with Crippen LogP contribution in [0.4, 0.5) is 0 Å². The van der Waals surface area contributed by atoms with Gasteiger partial charge in [-0.15, -0.1) is 11.6 Å². The number of aromatic nitrogens is 1. The monoisotopic (exact) mass is 183 g/mol. The summed E-state index contributed by atoms with van der Waals surface area (Å²) in [6.45, 7) is 0. The minimum absolute atomic E-state index is 0.502. The fourth-order valence-corrected chi connectivity index (χ4v) is 2.85. The van der Waals surface area contributed by atoms with Gasteiger partial charge in [-0.1, -0.05) is 5.16 Å². The van der Waals surface area contributed by atoms with Crippen LogP contribution in [0.2, 0.25) is 0 Å². The van der Waals surface area contributed by atoms with Crippen molar-refractivity contribution in [1.29, 1.82) is 0 Å². The molecule has 2 atom stereocenters. The van der Waals surface area contributed by atoms with E-state index in [1.807, 2.05) is 0 Å². The molecule has 1 aromatic heterocycles. The van der Waals surface area contributed by atoms with Gasteiger partial charge in [-0.25, -0.2) is 0 Å². The average molecular weight is 184 g/mol. The maximum atomic E-state index is 5.77. The Hall–Kier alpha value is -0.500. The van der Waals surface area contributed by atoms with Crippen molar-refractivity contribution in [3.63, 3.8) is 0 Å². The van der Waals surface area contributed by atoms with Crippen LogP contribution in [0, 0.1) is 0 Å². The molecule has 1 saturated carbocycles. The summed E-state index contributed by atoms with van der Waals surface area (Å²) < 4.78 is 5.30. The molecular formula is C9H10ClNO. The summed E-state index contributed by atoms with van der Waals surface area (Å²) in [6.07, 6.45) is 3.87. The van der Waals surface area contributed by atoms with E-state index in [2.05, 4.69) is 5.16 Å². The summed E-state index contributed by atoms with van der Waals surface area (Å²) in [7, 11) is 0. The smallest absolute Gasteiger partial charge is 0.143 e. The van der Waals surface area contributed by atoms with Crippen molar-refractivity contribution in [3.05, 3.63) is 17.0 Å². The zero-order valence-corrected chi connectivity index (χ0v) is 7.47. The van der Waals surface area contributed by atoms with Crippen LogP contribution in [0.15, 0.2) is 4.52 Å². The number of nitrogens with zero attached hydrogens (tertiary/aromatic N) is 1. The summed E-state index contributed by atoms with van der Waals surface area (Å²) in [4.78, 5) is 0. The second kappa shape index (κ2) is 2.25. The van der Waals surface area contributed by atoms with E-state index in [0.29, 0.717) is 17.7 Å². The lowest BCUT2D eigenvalue weighted by atomic mass is 9.97. The molecule has 2 aliphatic carbocycles. The molecule has 2 unspecified atom stereocenters. The Balaban J connectivity index is 2.16. The van der Waals surface area contributed by atoms with Crippen LogP contribution in [0.25, 0.3) is 0 Å². The second-order valence-electron chi connectivity index (χ2n) is 3.75. The van der Waals surface area contributed by atoms with Gasteiger partial charge in [0.2, 0.25) is 0 Å². The van der Waals surface area contributed by atoms with Crippen molar-refractivity contribution in [2.75, 3.05) is 0 Å². The van der Waals surface area contributed by atoms with E-state index in [0.717, 1.165) is 11.5 Å². The van der Waals surface area contributed by atoms with Gasteiger partial charge in [0.1, 0.15) is 11.5 Å². The first kappa shape index (κ1) is 6.96. The van der Waals surface area contributed by atoms with E-state index in [-0.39, 0.29) is 0 Å². The Morgan fingerprint density at radius 2 is 2.25 bits per heavy atom. The normalized spacial score (nSPS) is 31.1. The SMILES string of the molecule is ClCc1noc2c1C1CCC2C1. The number of fused-ring (bicyclic) bond motifs is 5. The molecule has 12 heavy (non-hydrogen) atoms. The minimum Gasteiger partial charge on any atom is -0.360 e. The Morgan fingerprint density at radius 3 is 3.08 bits per heavy atom. The first-order valence-electron chi connectivity index (χ1n) is 4.44. The van der Waals surface area contributed by atoms with Gasteiger partial charge in [0.15, 0.2) is 0 Å². The number of hydrogen-bond acceptors (Lipinski definition) is 2. The molecule has 0 amide bonds. The lowest BCUT2D eigenvalue weighted by Gasteiger charge is -2.07. The van der Waals surface area contributed by atoms with Crippen LogP contribution in [0.3, 0.4) is 0 Å². The molecule has 3 rings (SSSR count). The number of hydrogen-bond donors (Lipinski definition) is 0. The van der Waals surface area contributed by atoms with Gasteiger partial charge in [0.25, 0.3) is 0 Å². The highest BCUT2D eigenvalue weighted by atomic mass is 35.5. The maximum Gasteiger partial charge on any atom is 0.143 e. The van der Waals surface area contributed by atoms with Gasteiger partial charge in [0.05, 0.1) is 5.88 Å². The molecule has 1 heterocycles. The highest BCUT2D eigenvalue weighted by molar-refractivity contribution is 6.17. The van der Waals surface area contributed by atoms with E-state index in [9.17, 15) is 0 Å². The van der Waals surface area contributed by atoms with E-state index in [1.54, 1.807) is 0 Å². The van der Waals surface area contributed by atoms with Crippen molar-refractivity contribution in [1.82, 2.24) is 5.16 Å². The molecule has 2 bridgehead atoms. The number of rotatable bonds is 1. The number of halogens is 1. The molecule has 0 aliphatic heterocycles. The molecule has 1 aromatic rings. The van der Waals surface area contributed by atoms with Gasteiger partial charge >= 0.3 is 0 Å². The molecule has 2 aliphatic rings. The fourth-order valence-electron chi connectivity index (χ4n) is 2.65. The van der Waals surface area contributed by atoms with Crippen LogP contribution in [0.1, 0.15) is 48.1 Å². The summed E-state index contributed by atoms with van der Waals surface area (Å²) in [6, 6.07) is 0. The largest absolute Gasteiger partial charge is 0.360 e. The van der Waals surface area contributed by atoms with Crippen molar-refractivity contribution >= 4 is 11.6 Å². The first-order valence-corrected chi connectivity index (χ1v) is 4.98. The third kappa shape index (κ3) is 0.692. The molecular weight excluding hydrogens is 174 g/mol. The predicted molar refractivity (Wildman–Crippen MR) is 45.4 cm³/mol. The van der Waals surface area contributed by atoms with E-state index < -0.39 is 0 Å². The zero-order valence-electron chi connectivity index (χ0n) is 6.72. The lowest BCUT2D eigenvalue weighted by Crippen LogP contribution is -1.96. The van der Waals surface area contributed by atoms with Crippen molar-refractivity contribution < 1.29 is 4.52 Å². The highest BCUT2D eigenvalue weighted by Gasteiger charge is 2.42. The third-order valence-corrected chi connectivity index (χ3v) is 3.42. The quantitative estimate of drug-likeness (QED) is 0.626. The topological polar surface area (TPSA) is 26.0 Å². The summed E-state index contributed by atoms with van der Waals surface area (Å²) in [5.74, 6) is 3.02. The molecule has 3 heteroatoms. The molecule has 0 spiro atoms. The number of alkyl halides is 1. The molecule has 0 radical (unpaired) electrons. The predicted octanol–water partition coefficient (Wildman–Crippen LogP) is 2.78. The average Bonchev–Trinajstić information content (AvgIpc) is 2.76. The van der Waals surface area contributed by atoms with Crippen molar-refractivity contribution in [2.45, 2.75) is 37.0 Å². The van der Waals surface area contributed by atoms with Crippen LogP contribution >= 0.6 is 11.6 Å². The second-order valence-corrected chi connectivity index (χ2v) is 4.01. The van der Waals surface area contributed by atoms with Crippen LogP contribution < -0.4 is 0 Å². The Morgan fingerprint density at radius 1 is 1.42 bits per heavy atom. The van der Waals surface area contributed by atoms with E-state index in [1.165, 1.54) is 24.8 Å². The molecule has 0 aromatic carbocycles. The van der Waals surface area contributed by atoms with Gasteiger partial charge in [-0.3, -0.25) is 0 Å². The third-order valence-electron chi connectivity index (χ3n) is 3.17. The van der Waals surface area contributed by atoms with Gasteiger partial charge in [-0.05, 0) is 25.2 Å². The zero-order chi connectivity index (χ0) is 8.13. The minimum atomic E-state index is 0.502. The summed E-state index contributed by atoms with van der Waals surface area (Å²) in [5, 5.41) is 3.99. The Labute approximate surface area is 75.9 Å². The Bertz CT molecular complexity index is 320. The van der Waals surface area contributed by atoms with Crippen molar-refractivity contribution in [2.24, 2.45) is 0 Å². The van der Waals surface area contributed by atoms with E-state index in [4.69, 9.17) is 16.1 Å². The molecule has 1 fully saturated rings. The fraction of sp³-hybridized carbons (Fsp3) is 0.667. The van der Waals surface area contributed by atoms with Crippen LogP contribution in [-0.2, 0) is 5.88 Å². The van der Waals surface area contributed by atoms with Crippen LogP contribution in [0.5, 0.6) is 0 Å². The molecule has 0 saturated heterocycles. The van der Waals surface area contributed by atoms with Gasteiger partial charge < -0.3 is 4.52 Å². The maximum absolute atomic E-state index is 5.77. The molecule has 64 valence electrons. The van der Waals surface area contributed by atoms with Crippen molar-refractivity contribution in [3.8, 4) is 0 Å².